The van der Waals surface area contributed by atoms with Crippen molar-refractivity contribution < 1.29 is 4.39 Å². The third-order valence-corrected chi connectivity index (χ3v) is 3.92. The molecule has 1 nitrogen and oxygen atoms in total. The van der Waals surface area contributed by atoms with E-state index in [-0.39, 0.29) is 5.82 Å². The molecule has 0 bridgehead atoms. The van der Waals surface area contributed by atoms with Gasteiger partial charge >= 0.3 is 0 Å². The molecule has 0 spiro atoms. The number of nitrogens with zero attached hydrogens (tertiary/aromatic N) is 1. The van der Waals surface area contributed by atoms with Gasteiger partial charge in [-0.15, -0.1) is 11.3 Å². The van der Waals surface area contributed by atoms with Gasteiger partial charge < -0.3 is 0 Å². The third-order valence-electron chi connectivity index (χ3n) is 2.74. The molecule has 0 saturated heterocycles. The van der Waals surface area contributed by atoms with E-state index in [1.54, 1.807) is 6.07 Å². The van der Waals surface area contributed by atoms with Crippen LogP contribution in [0.2, 0.25) is 5.02 Å². The number of rotatable bonds is 2. The van der Waals surface area contributed by atoms with E-state index >= 15 is 0 Å². The molecule has 0 aliphatic heterocycles. The van der Waals surface area contributed by atoms with Gasteiger partial charge in [0.15, 0.2) is 0 Å². The standard InChI is InChI=1S/C15H9ClFNS/c16-13-8-11(17)6-7-12(13)15-18-14(9-19-15)10-4-2-1-3-5-10/h1-9H. The summed E-state index contributed by atoms with van der Waals surface area (Å²) in [5.41, 5.74) is 2.72. The van der Waals surface area contributed by atoms with Crippen LogP contribution in [0.1, 0.15) is 0 Å². The minimum absolute atomic E-state index is 0.339. The summed E-state index contributed by atoms with van der Waals surface area (Å²) >= 11 is 7.55. The smallest absolute Gasteiger partial charge is 0.125 e. The Bertz CT molecular complexity index is 709. The van der Waals surface area contributed by atoms with Gasteiger partial charge in [0.25, 0.3) is 0 Å². The Morgan fingerprint density at radius 2 is 1.84 bits per heavy atom. The van der Waals surface area contributed by atoms with Crippen LogP contribution >= 0.6 is 22.9 Å². The van der Waals surface area contributed by atoms with E-state index in [1.807, 2.05) is 35.7 Å². The summed E-state index contributed by atoms with van der Waals surface area (Å²) in [6.45, 7) is 0. The van der Waals surface area contributed by atoms with Crippen LogP contribution < -0.4 is 0 Å². The highest BCUT2D eigenvalue weighted by molar-refractivity contribution is 7.13. The summed E-state index contributed by atoms with van der Waals surface area (Å²) in [6.07, 6.45) is 0. The van der Waals surface area contributed by atoms with E-state index < -0.39 is 0 Å². The van der Waals surface area contributed by atoms with E-state index in [1.165, 1.54) is 23.5 Å². The molecule has 4 heteroatoms. The normalized spacial score (nSPS) is 10.6. The van der Waals surface area contributed by atoms with E-state index in [4.69, 9.17) is 11.6 Å². The number of hydrogen-bond donors (Lipinski definition) is 0. The zero-order chi connectivity index (χ0) is 13.2. The molecule has 94 valence electrons. The van der Waals surface area contributed by atoms with Gasteiger partial charge in [-0.3, -0.25) is 0 Å². The fourth-order valence-corrected chi connectivity index (χ4v) is 2.98. The first-order valence-electron chi connectivity index (χ1n) is 5.70. The molecular weight excluding hydrogens is 281 g/mol. The van der Waals surface area contributed by atoms with Crippen molar-refractivity contribution in [2.24, 2.45) is 0 Å². The van der Waals surface area contributed by atoms with Crippen molar-refractivity contribution in [1.82, 2.24) is 4.98 Å². The average molecular weight is 290 g/mol. The number of aromatic nitrogens is 1. The van der Waals surface area contributed by atoms with Crippen molar-refractivity contribution in [1.29, 1.82) is 0 Å². The molecule has 0 aliphatic carbocycles. The molecule has 2 aromatic carbocycles. The van der Waals surface area contributed by atoms with Crippen molar-refractivity contribution in [3.8, 4) is 21.8 Å². The van der Waals surface area contributed by atoms with E-state index in [2.05, 4.69) is 4.98 Å². The second kappa shape index (κ2) is 5.11. The molecule has 0 atom stereocenters. The first-order valence-corrected chi connectivity index (χ1v) is 6.96. The Labute approximate surface area is 119 Å². The highest BCUT2D eigenvalue weighted by Gasteiger charge is 2.10. The van der Waals surface area contributed by atoms with Crippen LogP contribution in [0, 0.1) is 5.82 Å². The molecule has 0 aliphatic rings. The van der Waals surface area contributed by atoms with Gasteiger partial charge in [-0.2, -0.15) is 0 Å². The third kappa shape index (κ3) is 2.53. The summed E-state index contributed by atoms with van der Waals surface area (Å²) in [5.74, 6) is -0.339. The predicted molar refractivity (Wildman–Crippen MR) is 78.0 cm³/mol. The highest BCUT2D eigenvalue weighted by Crippen LogP contribution is 2.33. The molecule has 3 rings (SSSR count). The van der Waals surface area contributed by atoms with Gasteiger partial charge in [-0.25, -0.2) is 9.37 Å². The van der Waals surface area contributed by atoms with Crippen LogP contribution in [0.25, 0.3) is 21.8 Å². The molecule has 0 saturated carbocycles. The zero-order valence-electron chi connectivity index (χ0n) is 9.81. The van der Waals surface area contributed by atoms with Gasteiger partial charge in [0.05, 0.1) is 10.7 Å². The van der Waals surface area contributed by atoms with Crippen molar-refractivity contribution in [3.05, 3.63) is 64.8 Å². The van der Waals surface area contributed by atoms with Gasteiger partial charge in [-0.1, -0.05) is 41.9 Å². The zero-order valence-corrected chi connectivity index (χ0v) is 11.4. The predicted octanol–water partition coefficient (Wildman–Crippen LogP) is 5.27. The van der Waals surface area contributed by atoms with Crippen LogP contribution in [0.5, 0.6) is 0 Å². The molecule has 0 fully saturated rings. The van der Waals surface area contributed by atoms with Crippen LogP contribution in [0.4, 0.5) is 4.39 Å². The molecule has 0 unspecified atom stereocenters. The van der Waals surface area contributed by atoms with Crippen molar-refractivity contribution in [2.75, 3.05) is 0 Å². The maximum atomic E-state index is 13.0. The molecule has 1 heterocycles. The van der Waals surface area contributed by atoms with Gasteiger partial charge in [-0.05, 0) is 18.2 Å². The average Bonchev–Trinajstić information content (AvgIpc) is 2.89. The Kier molecular flexibility index (Phi) is 3.32. The fraction of sp³-hybridized carbons (Fsp3) is 0. The first-order chi connectivity index (χ1) is 9.24. The SMILES string of the molecule is Fc1ccc(-c2nc(-c3ccccc3)cs2)c(Cl)c1. The van der Waals surface area contributed by atoms with Crippen molar-refractivity contribution in [2.45, 2.75) is 0 Å². The second-order valence-corrected chi connectivity index (χ2v) is 5.29. The number of hydrogen-bond acceptors (Lipinski definition) is 2. The van der Waals surface area contributed by atoms with Crippen molar-refractivity contribution >= 4 is 22.9 Å². The van der Waals surface area contributed by atoms with Crippen LogP contribution in [0.15, 0.2) is 53.9 Å². The lowest BCUT2D eigenvalue weighted by Gasteiger charge is -2.00. The Morgan fingerprint density at radius 1 is 1.05 bits per heavy atom. The molecular formula is C15H9ClFNS. The summed E-state index contributed by atoms with van der Waals surface area (Å²) < 4.78 is 13.0. The lowest BCUT2D eigenvalue weighted by molar-refractivity contribution is 0.628. The Balaban J connectivity index is 2.02. The molecule has 3 aromatic rings. The summed E-state index contributed by atoms with van der Waals surface area (Å²) in [7, 11) is 0. The number of halogens is 2. The largest absolute Gasteiger partial charge is 0.236 e. The van der Waals surface area contributed by atoms with Crippen LogP contribution in [0.3, 0.4) is 0 Å². The topological polar surface area (TPSA) is 12.9 Å². The fourth-order valence-electron chi connectivity index (χ4n) is 1.80. The molecule has 1 aromatic heterocycles. The maximum absolute atomic E-state index is 13.0. The van der Waals surface area contributed by atoms with E-state index in [0.717, 1.165) is 21.8 Å². The Morgan fingerprint density at radius 3 is 2.58 bits per heavy atom. The number of benzene rings is 2. The summed E-state index contributed by atoms with van der Waals surface area (Å²) in [6, 6.07) is 14.3. The van der Waals surface area contributed by atoms with E-state index in [9.17, 15) is 4.39 Å². The Hall–Kier alpha value is -1.71. The van der Waals surface area contributed by atoms with E-state index in [0.29, 0.717) is 5.02 Å². The molecule has 0 radical (unpaired) electrons. The number of thiazole rings is 1. The lowest BCUT2D eigenvalue weighted by atomic mass is 10.2. The summed E-state index contributed by atoms with van der Waals surface area (Å²) in [5, 5.41) is 3.16. The summed E-state index contributed by atoms with van der Waals surface area (Å²) in [4.78, 5) is 4.55. The van der Waals surface area contributed by atoms with Crippen LogP contribution in [-0.4, -0.2) is 4.98 Å². The maximum Gasteiger partial charge on any atom is 0.125 e. The van der Waals surface area contributed by atoms with Crippen LogP contribution in [-0.2, 0) is 0 Å². The quantitative estimate of drug-likeness (QED) is 0.626. The molecule has 19 heavy (non-hydrogen) atoms. The minimum Gasteiger partial charge on any atom is -0.236 e. The van der Waals surface area contributed by atoms with Gasteiger partial charge in [0.2, 0.25) is 0 Å². The minimum atomic E-state index is -0.339. The van der Waals surface area contributed by atoms with Gasteiger partial charge in [0.1, 0.15) is 10.8 Å². The molecule has 0 amide bonds. The molecule has 0 N–H and O–H groups in total. The van der Waals surface area contributed by atoms with Gasteiger partial charge in [0, 0.05) is 16.5 Å². The second-order valence-electron chi connectivity index (χ2n) is 4.03. The van der Waals surface area contributed by atoms with Crippen molar-refractivity contribution in [3.63, 3.8) is 0 Å². The lowest BCUT2D eigenvalue weighted by Crippen LogP contribution is -1.82. The monoisotopic (exact) mass is 289 g/mol. The highest BCUT2D eigenvalue weighted by atomic mass is 35.5. The first kappa shape index (κ1) is 12.3.